The van der Waals surface area contributed by atoms with Crippen LogP contribution >= 0.6 is 23.4 Å². The summed E-state index contributed by atoms with van der Waals surface area (Å²) in [6, 6.07) is 25.6. The molecule has 0 amide bonds. The van der Waals surface area contributed by atoms with Gasteiger partial charge in [-0.25, -0.2) is 0 Å². The van der Waals surface area contributed by atoms with Gasteiger partial charge in [0.25, 0.3) is 0 Å². The van der Waals surface area contributed by atoms with Gasteiger partial charge in [-0.15, -0.1) is 10.2 Å². The van der Waals surface area contributed by atoms with Crippen LogP contribution in [0.2, 0.25) is 5.02 Å². The van der Waals surface area contributed by atoms with E-state index in [1.54, 1.807) is 28.8 Å². The molecule has 1 atom stereocenters. The molecule has 5 nitrogen and oxygen atoms in total. The van der Waals surface area contributed by atoms with Crippen molar-refractivity contribution in [2.75, 3.05) is 5.75 Å². The number of aliphatic hydroxyl groups is 1. The Morgan fingerprint density at radius 3 is 2.23 bits per heavy atom. The quantitative estimate of drug-likeness (QED) is 0.327. The van der Waals surface area contributed by atoms with Crippen LogP contribution in [0.4, 0.5) is 0 Å². The smallest absolute Gasteiger partial charge is 0.196 e. The average molecular weight is 436 g/mol. The Kier molecular flexibility index (Phi) is 6.28. The Labute approximate surface area is 183 Å². The van der Waals surface area contributed by atoms with Crippen molar-refractivity contribution < 1.29 is 9.90 Å². The molecule has 0 aliphatic heterocycles. The molecule has 0 fully saturated rings. The van der Waals surface area contributed by atoms with Crippen LogP contribution in [-0.4, -0.2) is 31.4 Å². The Bertz CT molecular complexity index is 1130. The lowest BCUT2D eigenvalue weighted by molar-refractivity contribution is 0.102. The monoisotopic (exact) mass is 435 g/mol. The normalized spacial score (nSPS) is 11.9. The highest BCUT2D eigenvalue weighted by Crippen LogP contribution is 2.28. The molecule has 0 saturated heterocycles. The van der Waals surface area contributed by atoms with E-state index in [2.05, 4.69) is 10.2 Å². The second-order valence-electron chi connectivity index (χ2n) is 6.54. The molecule has 3 aromatic carbocycles. The third kappa shape index (κ3) is 4.46. The number of nitrogens with zero attached hydrogens (tertiary/aromatic N) is 3. The molecule has 0 unspecified atom stereocenters. The van der Waals surface area contributed by atoms with E-state index in [-0.39, 0.29) is 11.5 Å². The van der Waals surface area contributed by atoms with E-state index in [1.165, 1.54) is 11.8 Å². The summed E-state index contributed by atoms with van der Waals surface area (Å²) in [5, 5.41) is 20.5. The third-order valence-corrected chi connectivity index (χ3v) is 5.71. The van der Waals surface area contributed by atoms with Crippen molar-refractivity contribution in [3.05, 3.63) is 107 Å². The van der Waals surface area contributed by atoms with Gasteiger partial charge in [0.05, 0.1) is 5.75 Å². The van der Waals surface area contributed by atoms with Crippen molar-refractivity contribution in [3.63, 3.8) is 0 Å². The highest BCUT2D eigenvalue weighted by atomic mass is 35.5. The molecule has 0 bridgehead atoms. The predicted molar refractivity (Wildman–Crippen MR) is 118 cm³/mol. The molecule has 0 aliphatic rings. The lowest BCUT2D eigenvalue weighted by Crippen LogP contribution is -2.10. The lowest BCUT2D eigenvalue weighted by atomic mass is 10.1. The Morgan fingerprint density at radius 1 is 0.933 bits per heavy atom. The molecule has 30 heavy (non-hydrogen) atoms. The number of halogens is 1. The summed E-state index contributed by atoms with van der Waals surface area (Å²) in [6.07, 6.45) is -0.944. The van der Waals surface area contributed by atoms with E-state index in [4.69, 9.17) is 11.6 Å². The first-order valence-electron chi connectivity index (χ1n) is 9.29. The zero-order chi connectivity index (χ0) is 20.9. The summed E-state index contributed by atoms with van der Waals surface area (Å²) in [5.41, 5.74) is 2.12. The van der Waals surface area contributed by atoms with Crippen LogP contribution in [0.5, 0.6) is 0 Å². The van der Waals surface area contributed by atoms with Gasteiger partial charge in [0.2, 0.25) is 0 Å². The van der Waals surface area contributed by atoms with Gasteiger partial charge in [-0.2, -0.15) is 0 Å². The maximum Gasteiger partial charge on any atom is 0.196 e. The van der Waals surface area contributed by atoms with Crippen LogP contribution in [0.15, 0.2) is 90.1 Å². The number of aliphatic hydroxyl groups excluding tert-OH is 1. The number of benzene rings is 3. The van der Waals surface area contributed by atoms with E-state index in [1.807, 2.05) is 60.7 Å². The summed E-state index contributed by atoms with van der Waals surface area (Å²) in [6.45, 7) is 0. The minimum Gasteiger partial charge on any atom is -0.380 e. The van der Waals surface area contributed by atoms with Gasteiger partial charge < -0.3 is 5.11 Å². The summed E-state index contributed by atoms with van der Waals surface area (Å²) in [4.78, 5) is 12.6. The number of para-hydroxylation sites is 1. The van der Waals surface area contributed by atoms with Crippen LogP contribution in [0.3, 0.4) is 0 Å². The number of Topliss-reactive ketones (excluding diaryl/α,β-unsaturated/α-hetero) is 1. The van der Waals surface area contributed by atoms with Crippen molar-refractivity contribution >= 4 is 29.1 Å². The van der Waals surface area contributed by atoms with Crippen LogP contribution in [0.1, 0.15) is 27.8 Å². The molecule has 1 aromatic heterocycles. The van der Waals surface area contributed by atoms with E-state index >= 15 is 0 Å². The van der Waals surface area contributed by atoms with Gasteiger partial charge in [-0.1, -0.05) is 71.9 Å². The number of ketones is 1. The van der Waals surface area contributed by atoms with Crippen LogP contribution in [-0.2, 0) is 0 Å². The van der Waals surface area contributed by atoms with Crippen molar-refractivity contribution in [1.29, 1.82) is 0 Å². The SMILES string of the molecule is O=C(CSc1nnc([C@H](O)c2ccccc2)n1-c1ccccc1)c1ccc(Cl)cc1. The van der Waals surface area contributed by atoms with Gasteiger partial charge in [0, 0.05) is 16.3 Å². The molecule has 7 heteroatoms. The number of aromatic nitrogens is 3. The summed E-state index contributed by atoms with van der Waals surface area (Å²) in [7, 11) is 0. The van der Waals surface area contributed by atoms with E-state index in [0.29, 0.717) is 21.6 Å². The number of hydrogen-bond donors (Lipinski definition) is 1. The number of carbonyl (C=O) groups excluding carboxylic acids is 1. The maximum atomic E-state index is 12.6. The molecule has 0 spiro atoms. The molecule has 1 N–H and O–H groups in total. The van der Waals surface area contributed by atoms with Crippen LogP contribution in [0.25, 0.3) is 5.69 Å². The van der Waals surface area contributed by atoms with Crippen molar-refractivity contribution in [2.45, 2.75) is 11.3 Å². The highest BCUT2D eigenvalue weighted by molar-refractivity contribution is 7.99. The fourth-order valence-electron chi connectivity index (χ4n) is 3.01. The minimum absolute atomic E-state index is 0.0376. The molecule has 4 aromatic rings. The number of thioether (sulfide) groups is 1. The lowest BCUT2D eigenvalue weighted by Gasteiger charge is -2.14. The van der Waals surface area contributed by atoms with Gasteiger partial charge in [-0.05, 0) is 42.0 Å². The molecule has 0 radical (unpaired) electrons. The van der Waals surface area contributed by atoms with Gasteiger partial charge in [-0.3, -0.25) is 9.36 Å². The fraction of sp³-hybridized carbons (Fsp3) is 0.0870. The van der Waals surface area contributed by atoms with E-state index in [9.17, 15) is 9.90 Å². The molecule has 0 aliphatic carbocycles. The fourth-order valence-corrected chi connectivity index (χ4v) is 3.98. The second-order valence-corrected chi connectivity index (χ2v) is 7.92. The first kappa shape index (κ1) is 20.3. The maximum absolute atomic E-state index is 12.6. The van der Waals surface area contributed by atoms with E-state index in [0.717, 1.165) is 11.3 Å². The van der Waals surface area contributed by atoms with Crippen molar-refractivity contribution in [2.24, 2.45) is 0 Å². The summed E-state index contributed by atoms with van der Waals surface area (Å²) >= 11 is 7.18. The summed E-state index contributed by atoms with van der Waals surface area (Å²) < 4.78 is 1.79. The first-order valence-corrected chi connectivity index (χ1v) is 10.6. The first-order chi connectivity index (χ1) is 14.6. The molecular formula is C23H18ClN3O2S. The molecule has 1 heterocycles. The number of rotatable bonds is 7. The van der Waals surface area contributed by atoms with Crippen LogP contribution < -0.4 is 0 Å². The largest absolute Gasteiger partial charge is 0.380 e. The predicted octanol–water partition coefficient (Wildman–Crippen LogP) is 4.98. The topological polar surface area (TPSA) is 68.0 Å². The molecular weight excluding hydrogens is 418 g/mol. The average Bonchev–Trinajstić information content (AvgIpc) is 3.22. The van der Waals surface area contributed by atoms with Crippen molar-refractivity contribution in [3.8, 4) is 5.69 Å². The minimum atomic E-state index is -0.944. The Balaban J connectivity index is 1.64. The molecule has 4 rings (SSSR count). The van der Waals surface area contributed by atoms with E-state index < -0.39 is 6.10 Å². The van der Waals surface area contributed by atoms with Crippen LogP contribution in [0, 0.1) is 0 Å². The van der Waals surface area contributed by atoms with Gasteiger partial charge >= 0.3 is 0 Å². The number of carbonyl (C=O) groups is 1. The zero-order valence-electron chi connectivity index (χ0n) is 15.9. The zero-order valence-corrected chi connectivity index (χ0v) is 17.4. The van der Waals surface area contributed by atoms with Gasteiger partial charge in [0.15, 0.2) is 16.8 Å². The number of hydrogen-bond acceptors (Lipinski definition) is 5. The van der Waals surface area contributed by atoms with Crippen molar-refractivity contribution in [1.82, 2.24) is 14.8 Å². The highest BCUT2D eigenvalue weighted by Gasteiger charge is 2.22. The molecule has 0 saturated carbocycles. The van der Waals surface area contributed by atoms with Gasteiger partial charge in [0.1, 0.15) is 6.10 Å². The standard InChI is InChI=1S/C23H18ClN3O2S/c24-18-13-11-16(12-14-18)20(28)15-30-23-26-25-22(21(29)17-7-3-1-4-8-17)27(23)19-9-5-2-6-10-19/h1-14,21,29H,15H2/t21-/m1/s1. The Hall–Kier alpha value is -2.93. The Morgan fingerprint density at radius 2 is 1.57 bits per heavy atom. The third-order valence-electron chi connectivity index (χ3n) is 4.53. The summed E-state index contributed by atoms with van der Waals surface area (Å²) in [5.74, 6) is 0.548. The second kappa shape index (κ2) is 9.26. The molecule has 150 valence electrons.